The van der Waals surface area contributed by atoms with Crippen molar-refractivity contribution in [2.45, 2.75) is 58.7 Å². The van der Waals surface area contributed by atoms with E-state index < -0.39 is 24.7 Å². The first-order chi connectivity index (χ1) is 13.6. The quantitative estimate of drug-likeness (QED) is 0.541. The maximum Gasteiger partial charge on any atom is 0.245 e. The standard InChI is InChI=1S/C22H31ClN2O4/c1-21(2)16-8-9-22(21,3)19(28)15(16)10-18(27)25-17(12-26)20(29)24-11-13-4-6-14(23)7-5-13/h4-7,15-17,19,26,28H,8-12H2,1-3H3,(H,24,29)(H,25,27). The van der Waals surface area contributed by atoms with Crippen molar-refractivity contribution < 1.29 is 19.8 Å². The molecule has 2 amide bonds. The Morgan fingerprint density at radius 3 is 2.45 bits per heavy atom. The Hall–Kier alpha value is -1.63. The molecule has 0 aliphatic heterocycles. The molecule has 3 rings (SSSR count). The zero-order chi connectivity index (χ0) is 21.4. The summed E-state index contributed by atoms with van der Waals surface area (Å²) in [7, 11) is 0. The van der Waals surface area contributed by atoms with Crippen LogP contribution in [0.4, 0.5) is 0 Å². The average Bonchev–Trinajstić information content (AvgIpc) is 2.99. The summed E-state index contributed by atoms with van der Waals surface area (Å²) in [5, 5.41) is 26.4. The third-order valence-electron chi connectivity index (χ3n) is 7.58. The lowest BCUT2D eigenvalue weighted by molar-refractivity contribution is -0.131. The van der Waals surface area contributed by atoms with E-state index in [-0.39, 0.29) is 41.5 Å². The number of halogens is 1. The maximum absolute atomic E-state index is 12.6. The lowest BCUT2D eigenvalue weighted by Gasteiger charge is -2.37. The number of amides is 2. The number of benzene rings is 1. The number of nitrogens with one attached hydrogen (secondary N) is 2. The molecule has 2 aliphatic rings. The van der Waals surface area contributed by atoms with Gasteiger partial charge in [-0.2, -0.15) is 0 Å². The van der Waals surface area contributed by atoms with E-state index in [4.69, 9.17) is 11.6 Å². The lowest BCUT2D eigenvalue weighted by atomic mass is 9.70. The van der Waals surface area contributed by atoms with Crippen LogP contribution in [-0.4, -0.2) is 40.8 Å². The van der Waals surface area contributed by atoms with Crippen molar-refractivity contribution in [2.24, 2.45) is 22.7 Å². The van der Waals surface area contributed by atoms with Crippen molar-refractivity contribution in [2.75, 3.05) is 6.61 Å². The van der Waals surface area contributed by atoms with E-state index in [1.54, 1.807) is 24.3 Å². The van der Waals surface area contributed by atoms with Crippen molar-refractivity contribution >= 4 is 23.4 Å². The summed E-state index contributed by atoms with van der Waals surface area (Å²) in [6.07, 6.45) is 1.60. The molecule has 5 unspecified atom stereocenters. The van der Waals surface area contributed by atoms with Gasteiger partial charge in [0.15, 0.2) is 0 Å². The number of fused-ring (bicyclic) bond motifs is 2. The number of hydrogen-bond acceptors (Lipinski definition) is 4. The Bertz CT molecular complexity index is 767. The number of aliphatic hydroxyl groups is 2. The van der Waals surface area contributed by atoms with Crippen LogP contribution in [0, 0.1) is 22.7 Å². The molecule has 160 valence electrons. The predicted octanol–water partition coefficient (Wildman–Crippen LogP) is 2.26. The Balaban J connectivity index is 1.55. The van der Waals surface area contributed by atoms with Gasteiger partial charge in [0.2, 0.25) is 11.8 Å². The van der Waals surface area contributed by atoms with Crippen LogP contribution in [0.3, 0.4) is 0 Å². The smallest absolute Gasteiger partial charge is 0.245 e. The first kappa shape index (κ1) is 22.1. The van der Waals surface area contributed by atoms with Crippen LogP contribution in [-0.2, 0) is 16.1 Å². The molecule has 0 radical (unpaired) electrons. The number of aliphatic hydroxyl groups excluding tert-OH is 2. The summed E-state index contributed by atoms with van der Waals surface area (Å²) in [6, 6.07) is 6.05. The highest BCUT2D eigenvalue weighted by atomic mass is 35.5. The number of carbonyl (C=O) groups excluding carboxylic acids is 2. The summed E-state index contributed by atoms with van der Waals surface area (Å²) >= 11 is 5.85. The Morgan fingerprint density at radius 2 is 1.90 bits per heavy atom. The lowest BCUT2D eigenvalue weighted by Crippen LogP contribution is -2.49. The number of hydrogen-bond donors (Lipinski definition) is 4. The zero-order valence-electron chi connectivity index (χ0n) is 17.2. The van der Waals surface area contributed by atoms with E-state index in [1.165, 1.54) is 0 Å². The maximum atomic E-state index is 12.6. The largest absolute Gasteiger partial charge is 0.394 e. The number of rotatable bonds is 7. The Labute approximate surface area is 177 Å². The van der Waals surface area contributed by atoms with Crippen molar-refractivity contribution in [3.63, 3.8) is 0 Å². The Morgan fingerprint density at radius 1 is 1.24 bits per heavy atom. The molecule has 29 heavy (non-hydrogen) atoms. The zero-order valence-corrected chi connectivity index (χ0v) is 18.0. The van der Waals surface area contributed by atoms with Crippen LogP contribution in [0.25, 0.3) is 0 Å². The van der Waals surface area contributed by atoms with Crippen molar-refractivity contribution in [3.8, 4) is 0 Å². The summed E-state index contributed by atoms with van der Waals surface area (Å²) in [4.78, 5) is 25.0. The van der Waals surface area contributed by atoms with Crippen molar-refractivity contribution in [1.29, 1.82) is 0 Å². The summed E-state index contributed by atoms with van der Waals surface area (Å²) in [6.45, 7) is 6.24. The van der Waals surface area contributed by atoms with Gasteiger partial charge < -0.3 is 20.8 Å². The van der Waals surface area contributed by atoms with Gasteiger partial charge in [-0.25, -0.2) is 0 Å². The van der Waals surface area contributed by atoms with E-state index in [0.717, 1.165) is 18.4 Å². The third-order valence-corrected chi connectivity index (χ3v) is 7.84. The highest BCUT2D eigenvalue weighted by Gasteiger charge is 2.65. The van der Waals surface area contributed by atoms with E-state index in [9.17, 15) is 19.8 Å². The van der Waals surface area contributed by atoms with Gasteiger partial charge in [0.1, 0.15) is 6.04 Å². The molecular formula is C22H31ClN2O4. The minimum Gasteiger partial charge on any atom is -0.394 e. The molecule has 5 atom stereocenters. The minimum absolute atomic E-state index is 0.0241. The highest BCUT2D eigenvalue weighted by molar-refractivity contribution is 6.30. The molecule has 2 saturated carbocycles. The normalized spacial score (nSPS) is 30.8. The van der Waals surface area contributed by atoms with E-state index in [2.05, 4.69) is 31.4 Å². The van der Waals surface area contributed by atoms with Gasteiger partial charge in [-0.1, -0.05) is 44.5 Å². The molecule has 0 spiro atoms. The molecule has 0 saturated heterocycles. The fourth-order valence-electron chi connectivity index (χ4n) is 5.36. The van der Waals surface area contributed by atoms with Crippen LogP contribution < -0.4 is 10.6 Å². The predicted molar refractivity (Wildman–Crippen MR) is 111 cm³/mol. The topological polar surface area (TPSA) is 98.7 Å². The molecule has 6 nitrogen and oxygen atoms in total. The van der Waals surface area contributed by atoms with E-state index in [0.29, 0.717) is 5.02 Å². The molecule has 0 aromatic heterocycles. The van der Waals surface area contributed by atoms with Gasteiger partial charge in [0.05, 0.1) is 12.7 Å². The van der Waals surface area contributed by atoms with Gasteiger partial charge in [-0.05, 0) is 53.2 Å². The minimum atomic E-state index is -1.02. The third kappa shape index (κ3) is 4.03. The first-order valence-corrected chi connectivity index (χ1v) is 10.6. The molecule has 7 heteroatoms. The van der Waals surface area contributed by atoms with E-state index >= 15 is 0 Å². The van der Waals surface area contributed by atoms with Crippen LogP contribution in [0.1, 0.15) is 45.6 Å². The fourth-order valence-corrected chi connectivity index (χ4v) is 5.49. The molecular weight excluding hydrogens is 392 g/mol. The molecule has 2 fully saturated rings. The average molecular weight is 423 g/mol. The molecule has 0 heterocycles. The van der Waals surface area contributed by atoms with Crippen LogP contribution in [0.2, 0.25) is 5.02 Å². The summed E-state index contributed by atoms with van der Waals surface area (Å²) in [5.41, 5.74) is 0.657. The number of carbonyl (C=O) groups is 2. The van der Waals surface area contributed by atoms with Crippen LogP contribution >= 0.6 is 11.6 Å². The highest BCUT2D eigenvalue weighted by Crippen LogP contribution is 2.68. The van der Waals surface area contributed by atoms with E-state index in [1.807, 2.05) is 0 Å². The molecule has 1 aromatic carbocycles. The monoisotopic (exact) mass is 422 g/mol. The second-order valence-corrected chi connectivity index (χ2v) is 9.68. The SMILES string of the molecule is CC1(C)C2CCC1(C)C(O)C2CC(=O)NC(CO)C(=O)NCc1ccc(Cl)cc1. The van der Waals surface area contributed by atoms with Crippen molar-refractivity contribution in [3.05, 3.63) is 34.9 Å². The van der Waals surface area contributed by atoms with Gasteiger partial charge in [-0.15, -0.1) is 0 Å². The second kappa shape index (κ2) is 8.25. The molecule has 2 aliphatic carbocycles. The molecule has 2 bridgehead atoms. The van der Waals surface area contributed by atoms with Gasteiger partial charge in [-0.3, -0.25) is 9.59 Å². The van der Waals surface area contributed by atoms with Crippen LogP contribution in [0.5, 0.6) is 0 Å². The molecule has 1 aromatic rings. The molecule has 4 N–H and O–H groups in total. The van der Waals surface area contributed by atoms with Gasteiger partial charge >= 0.3 is 0 Å². The van der Waals surface area contributed by atoms with Gasteiger partial charge in [0.25, 0.3) is 0 Å². The second-order valence-electron chi connectivity index (χ2n) is 9.24. The summed E-state index contributed by atoms with van der Waals surface area (Å²) in [5.74, 6) is -0.613. The van der Waals surface area contributed by atoms with Crippen molar-refractivity contribution in [1.82, 2.24) is 10.6 Å². The Kier molecular flexibility index (Phi) is 6.27. The fraction of sp³-hybridized carbons (Fsp3) is 0.636. The van der Waals surface area contributed by atoms with Gasteiger partial charge in [0, 0.05) is 18.0 Å². The van der Waals surface area contributed by atoms with Crippen LogP contribution in [0.15, 0.2) is 24.3 Å². The first-order valence-electron chi connectivity index (χ1n) is 10.2. The summed E-state index contributed by atoms with van der Waals surface area (Å²) < 4.78 is 0.